The normalized spacial score (nSPS) is 23.8. The van der Waals surface area contributed by atoms with Gasteiger partial charge >= 0.3 is 0 Å². The van der Waals surface area contributed by atoms with Crippen LogP contribution in [0.25, 0.3) is 0 Å². The lowest BCUT2D eigenvalue weighted by Crippen LogP contribution is -2.48. The summed E-state index contributed by atoms with van der Waals surface area (Å²) in [5.41, 5.74) is 5.80. The first-order valence-electron chi connectivity index (χ1n) is 9.34. The summed E-state index contributed by atoms with van der Waals surface area (Å²) >= 11 is 0. The van der Waals surface area contributed by atoms with Gasteiger partial charge in [0.05, 0.1) is 6.54 Å². The van der Waals surface area contributed by atoms with E-state index in [9.17, 15) is 4.79 Å². The zero-order valence-corrected chi connectivity index (χ0v) is 15.1. The van der Waals surface area contributed by atoms with Crippen molar-refractivity contribution in [2.75, 3.05) is 31.1 Å². The van der Waals surface area contributed by atoms with Gasteiger partial charge in [-0.05, 0) is 19.8 Å². The van der Waals surface area contributed by atoms with Crippen LogP contribution in [0.5, 0.6) is 0 Å². The molecule has 1 saturated carbocycles. The van der Waals surface area contributed by atoms with Crippen LogP contribution in [0.15, 0.2) is 17.2 Å². The highest BCUT2D eigenvalue weighted by atomic mass is 16.1. The first-order valence-corrected chi connectivity index (χ1v) is 9.34. The highest BCUT2D eigenvalue weighted by molar-refractivity contribution is 5.35. The number of nitrogens with zero attached hydrogens (tertiary/aromatic N) is 6. The number of nitrogens with one attached hydrogen (secondary N) is 1. The van der Waals surface area contributed by atoms with Gasteiger partial charge in [0, 0.05) is 57.1 Å². The van der Waals surface area contributed by atoms with E-state index >= 15 is 0 Å². The predicted molar refractivity (Wildman–Crippen MR) is 98.0 cm³/mol. The molecule has 4 rings (SSSR count). The Morgan fingerprint density at radius 2 is 2.00 bits per heavy atom. The fourth-order valence-corrected chi connectivity index (χ4v) is 3.87. The molecule has 0 radical (unpaired) electrons. The van der Waals surface area contributed by atoms with Crippen molar-refractivity contribution >= 4 is 5.82 Å². The molecule has 2 aliphatic rings. The Morgan fingerprint density at radius 1 is 1.23 bits per heavy atom. The molecule has 0 aromatic carbocycles. The topological polar surface area (TPSA) is 109 Å². The van der Waals surface area contributed by atoms with Crippen molar-refractivity contribution in [2.24, 2.45) is 5.73 Å². The third kappa shape index (κ3) is 3.24. The maximum atomic E-state index is 11.9. The highest BCUT2D eigenvalue weighted by Gasteiger charge is 2.32. The summed E-state index contributed by atoms with van der Waals surface area (Å²) in [5.74, 6) is 3.07. The van der Waals surface area contributed by atoms with Gasteiger partial charge < -0.3 is 20.2 Å². The number of anilines is 1. The Morgan fingerprint density at radius 3 is 2.65 bits per heavy atom. The number of aromatic nitrogens is 5. The van der Waals surface area contributed by atoms with Gasteiger partial charge in [0.25, 0.3) is 5.56 Å². The summed E-state index contributed by atoms with van der Waals surface area (Å²) in [6, 6.07) is 0.313. The summed E-state index contributed by atoms with van der Waals surface area (Å²) in [5, 5.41) is 8.90. The standard InChI is InChI=1S/C17H26N8O/c1-2-25-14(21-22-15(25)12-9-13(18)10-12)11-23-5-7-24(8-6-23)16-17(26)20-4-3-19-16/h3-4,12-13H,2,5-11,18H2,1H3,(H,20,26). The van der Waals surface area contributed by atoms with Crippen LogP contribution in [-0.2, 0) is 13.1 Å². The Labute approximate surface area is 152 Å². The van der Waals surface area contributed by atoms with Crippen LogP contribution in [0.1, 0.15) is 37.3 Å². The van der Waals surface area contributed by atoms with Crippen molar-refractivity contribution in [1.82, 2.24) is 29.6 Å². The van der Waals surface area contributed by atoms with E-state index in [4.69, 9.17) is 5.73 Å². The predicted octanol–water partition coefficient (Wildman–Crippen LogP) is -0.0918. The fourth-order valence-electron chi connectivity index (χ4n) is 3.87. The molecule has 9 heteroatoms. The lowest BCUT2D eigenvalue weighted by molar-refractivity contribution is 0.239. The Balaban J connectivity index is 1.39. The average molecular weight is 358 g/mol. The van der Waals surface area contributed by atoms with Gasteiger partial charge in [-0.1, -0.05) is 0 Å². The molecule has 140 valence electrons. The second-order valence-electron chi connectivity index (χ2n) is 7.15. The number of rotatable bonds is 5. The molecular formula is C17H26N8O. The van der Waals surface area contributed by atoms with E-state index in [0.717, 1.165) is 63.8 Å². The summed E-state index contributed by atoms with van der Waals surface area (Å²) in [7, 11) is 0. The molecule has 0 amide bonds. The minimum Gasteiger partial charge on any atom is -0.349 e. The second kappa shape index (κ2) is 7.16. The molecule has 1 aliphatic carbocycles. The summed E-state index contributed by atoms with van der Waals surface area (Å²) < 4.78 is 2.24. The lowest BCUT2D eigenvalue weighted by Gasteiger charge is -2.35. The summed E-state index contributed by atoms with van der Waals surface area (Å²) in [6.45, 7) is 7.11. The van der Waals surface area contributed by atoms with E-state index in [0.29, 0.717) is 17.8 Å². The van der Waals surface area contributed by atoms with Crippen LogP contribution < -0.4 is 16.2 Å². The fraction of sp³-hybridized carbons (Fsp3) is 0.647. The van der Waals surface area contributed by atoms with E-state index in [1.54, 1.807) is 12.4 Å². The number of hydrogen-bond acceptors (Lipinski definition) is 7. The molecule has 26 heavy (non-hydrogen) atoms. The van der Waals surface area contributed by atoms with Crippen molar-refractivity contribution in [3.63, 3.8) is 0 Å². The number of H-pyrrole nitrogens is 1. The van der Waals surface area contributed by atoms with Crippen molar-refractivity contribution in [2.45, 2.75) is 44.8 Å². The quantitative estimate of drug-likeness (QED) is 0.769. The molecule has 3 N–H and O–H groups in total. The molecule has 1 saturated heterocycles. The maximum Gasteiger partial charge on any atom is 0.290 e. The van der Waals surface area contributed by atoms with Crippen molar-refractivity contribution in [3.05, 3.63) is 34.4 Å². The molecule has 2 aromatic heterocycles. The van der Waals surface area contributed by atoms with E-state index in [2.05, 4.69) is 36.6 Å². The van der Waals surface area contributed by atoms with Crippen molar-refractivity contribution < 1.29 is 0 Å². The largest absolute Gasteiger partial charge is 0.349 e. The summed E-state index contributed by atoms with van der Waals surface area (Å²) in [4.78, 5) is 23.2. The molecule has 2 aromatic rings. The van der Waals surface area contributed by atoms with Gasteiger partial charge in [-0.15, -0.1) is 10.2 Å². The Bertz CT molecular complexity index is 801. The van der Waals surface area contributed by atoms with Gasteiger partial charge in [0.2, 0.25) is 0 Å². The van der Waals surface area contributed by atoms with Crippen molar-refractivity contribution in [3.8, 4) is 0 Å². The maximum absolute atomic E-state index is 11.9. The van der Waals surface area contributed by atoms with Crippen LogP contribution >= 0.6 is 0 Å². The first-order chi connectivity index (χ1) is 12.7. The van der Waals surface area contributed by atoms with Gasteiger partial charge in [-0.2, -0.15) is 0 Å². The lowest BCUT2D eigenvalue weighted by atomic mass is 9.80. The van der Waals surface area contributed by atoms with Crippen LogP contribution in [0, 0.1) is 0 Å². The SMILES string of the molecule is CCn1c(CN2CCN(c3ncc[nH]c3=O)CC2)nnc1C1CC(N)C1. The molecule has 0 spiro atoms. The zero-order valence-electron chi connectivity index (χ0n) is 15.1. The Hall–Kier alpha value is -2.26. The zero-order chi connectivity index (χ0) is 18.1. The van der Waals surface area contributed by atoms with Gasteiger partial charge in [0.15, 0.2) is 5.82 Å². The third-order valence-electron chi connectivity index (χ3n) is 5.44. The minimum atomic E-state index is -0.130. The third-order valence-corrected chi connectivity index (χ3v) is 5.44. The molecule has 0 atom stereocenters. The number of hydrogen-bond donors (Lipinski definition) is 2. The summed E-state index contributed by atoms with van der Waals surface area (Å²) in [6.07, 6.45) is 5.21. The van der Waals surface area contributed by atoms with Crippen LogP contribution in [0.3, 0.4) is 0 Å². The number of aromatic amines is 1. The van der Waals surface area contributed by atoms with Gasteiger partial charge in [-0.3, -0.25) is 9.69 Å². The van der Waals surface area contributed by atoms with Crippen LogP contribution in [0.4, 0.5) is 5.82 Å². The molecule has 9 nitrogen and oxygen atoms in total. The van der Waals surface area contributed by atoms with Gasteiger partial charge in [-0.25, -0.2) is 4.98 Å². The van der Waals surface area contributed by atoms with E-state index in [-0.39, 0.29) is 5.56 Å². The Kier molecular flexibility index (Phi) is 4.73. The van der Waals surface area contributed by atoms with E-state index in [1.165, 1.54) is 0 Å². The number of nitrogens with two attached hydrogens (primary N) is 1. The second-order valence-corrected chi connectivity index (χ2v) is 7.15. The molecule has 3 heterocycles. The first kappa shape index (κ1) is 17.2. The van der Waals surface area contributed by atoms with E-state index in [1.807, 2.05) is 4.90 Å². The van der Waals surface area contributed by atoms with Crippen LogP contribution in [0.2, 0.25) is 0 Å². The molecular weight excluding hydrogens is 332 g/mol. The minimum absolute atomic E-state index is 0.130. The molecule has 1 aliphatic heterocycles. The van der Waals surface area contributed by atoms with Crippen molar-refractivity contribution in [1.29, 1.82) is 0 Å². The monoisotopic (exact) mass is 358 g/mol. The smallest absolute Gasteiger partial charge is 0.290 e. The highest BCUT2D eigenvalue weighted by Crippen LogP contribution is 2.34. The average Bonchev–Trinajstić information content (AvgIpc) is 3.02. The molecule has 0 unspecified atom stereocenters. The van der Waals surface area contributed by atoms with Gasteiger partial charge in [0.1, 0.15) is 11.6 Å². The van der Waals surface area contributed by atoms with E-state index < -0.39 is 0 Å². The molecule has 0 bridgehead atoms. The van der Waals surface area contributed by atoms with Crippen LogP contribution in [-0.4, -0.2) is 61.9 Å². The molecule has 2 fully saturated rings. The number of piperazine rings is 1.